The first-order chi connectivity index (χ1) is 12.9. The van der Waals surface area contributed by atoms with Crippen molar-refractivity contribution < 1.29 is 9.59 Å². The summed E-state index contributed by atoms with van der Waals surface area (Å²) in [4.78, 5) is 29.4. The minimum absolute atomic E-state index is 0.288. The van der Waals surface area contributed by atoms with Gasteiger partial charge in [-0.1, -0.05) is 17.7 Å². The molecule has 0 aliphatic heterocycles. The Hall–Kier alpha value is -3.19. The molecular formula is C19H18ClN5O2. The molecule has 138 valence electrons. The number of carbonyl (C=O) groups excluding carboxylic acids is 2. The Labute approximate surface area is 161 Å². The van der Waals surface area contributed by atoms with Gasteiger partial charge in [0.2, 0.25) is 0 Å². The molecule has 27 heavy (non-hydrogen) atoms. The van der Waals surface area contributed by atoms with Crippen LogP contribution < -0.4 is 10.6 Å². The molecule has 0 aliphatic rings. The maximum Gasteiger partial charge on any atom is 0.274 e. The number of nitrogens with zero attached hydrogens (tertiary/aromatic N) is 3. The van der Waals surface area contributed by atoms with Crippen molar-refractivity contribution in [3.8, 4) is 5.82 Å². The maximum absolute atomic E-state index is 13.0. The zero-order chi connectivity index (χ0) is 19.6. The van der Waals surface area contributed by atoms with Gasteiger partial charge in [0, 0.05) is 18.3 Å². The van der Waals surface area contributed by atoms with Gasteiger partial charge in [-0.25, -0.2) is 9.67 Å². The van der Waals surface area contributed by atoms with Crippen molar-refractivity contribution in [1.29, 1.82) is 0 Å². The summed E-state index contributed by atoms with van der Waals surface area (Å²) in [6.45, 7) is 3.56. The summed E-state index contributed by atoms with van der Waals surface area (Å²) in [6.07, 6.45) is 1.63. The number of benzene rings is 1. The summed E-state index contributed by atoms with van der Waals surface area (Å²) < 4.78 is 1.47. The average molecular weight is 384 g/mol. The van der Waals surface area contributed by atoms with Crippen molar-refractivity contribution in [2.45, 2.75) is 13.8 Å². The molecule has 0 unspecified atom stereocenters. The van der Waals surface area contributed by atoms with Gasteiger partial charge in [-0.05, 0) is 49.7 Å². The van der Waals surface area contributed by atoms with E-state index < -0.39 is 5.91 Å². The lowest BCUT2D eigenvalue weighted by Gasteiger charge is -2.14. The molecule has 2 amide bonds. The third kappa shape index (κ3) is 3.83. The molecule has 2 aromatic heterocycles. The molecule has 0 spiro atoms. The highest BCUT2D eigenvalue weighted by Crippen LogP contribution is 2.26. The molecule has 0 saturated heterocycles. The third-order valence-electron chi connectivity index (χ3n) is 3.94. The molecule has 0 saturated carbocycles. The number of aryl methyl sites for hydroxylation is 2. The Bertz CT molecular complexity index is 1010. The van der Waals surface area contributed by atoms with E-state index in [0.717, 1.165) is 0 Å². The second-order valence-electron chi connectivity index (χ2n) is 5.95. The van der Waals surface area contributed by atoms with E-state index in [-0.39, 0.29) is 11.5 Å². The Morgan fingerprint density at radius 1 is 1.11 bits per heavy atom. The highest BCUT2D eigenvalue weighted by Gasteiger charge is 2.20. The number of pyridine rings is 1. The molecule has 3 aromatic rings. The van der Waals surface area contributed by atoms with Crippen LogP contribution in [-0.2, 0) is 0 Å². The van der Waals surface area contributed by atoms with Crippen LogP contribution in [0.3, 0.4) is 0 Å². The summed E-state index contributed by atoms with van der Waals surface area (Å²) >= 11 is 6.07. The molecular weight excluding hydrogens is 366 g/mol. The van der Waals surface area contributed by atoms with E-state index in [1.54, 1.807) is 44.3 Å². The summed E-state index contributed by atoms with van der Waals surface area (Å²) in [5.74, 6) is -0.225. The molecule has 7 nitrogen and oxygen atoms in total. The van der Waals surface area contributed by atoms with Crippen LogP contribution in [0, 0.1) is 13.8 Å². The van der Waals surface area contributed by atoms with Gasteiger partial charge in [-0.2, -0.15) is 5.10 Å². The number of hydrogen-bond acceptors (Lipinski definition) is 4. The van der Waals surface area contributed by atoms with Crippen LogP contribution in [0.2, 0.25) is 5.02 Å². The van der Waals surface area contributed by atoms with Crippen molar-refractivity contribution in [1.82, 2.24) is 20.1 Å². The van der Waals surface area contributed by atoms with E-state index in [4.69, 9.17) is 11.6 Å². The number of halogens is 1. The normalized spacial score (nSPS) is 10.5. The molecule has 8 heteroatoms. The maximum atomic E-state index is 13.0. The summed E-state index contributed by atoms with van der Waals surface area (Å²) in [6, 6.07) is 10.2. The molecule has 0 atom stereocenters. The van der Waals surface area contributed by atoms with Crippen LogP contribution in [0.5, 0.6) is 0 Å². The van der Waals surface area contributed by atoms with Crippen LogP contribution in [0.15, 0.2) is 42.6 Å². The van der Waals surface area contributed by atoms with Gasteiger partial charge < -0.3 is 10.6 Å². The number of carbonyl (C=O) groups is 2. The molecule has 0 radical (unpaired) electrons. The number of amides is 2. The second kappa shape index (κ2) is 7.59. The highest BCUT2D eigenvalue weighted by atomic mass is 35.5. The third-order valence-corrected chi connectivity index (χ3v) is 4.16. The van der Waals surface area contributed by atoms with E-state index in [0.29, 0.717) is 33.5 Å². The number of hydrogen-bond donors (Lipinski definition) is 2. The van der Waals surface area contributed by atoms with E-state index in [1.807, 2.05) is 6.07 Å². The van der Waals surface area contributed by atoms with Crippen LogP contribution in [0.1, 0.15) is 32.1 Å². The first-order valence-electron chi connectivity index (χ1n) is 8.22. The Morgan fingerprint density at radius 3 is 2.56 bits per heavy atom. The molecule has 2 N–H and O–H groups in total. The monoisotopic (exact) mass is 383 g/mol. The lowest BCUT2D eigenvalue weighted by molar-refractivity contribution is 0.0964. The number of nitrogens with one attached hydrogen (secondary N) is 2. The van der Waals surface area contributed by atoms with Crippen molar-refractivity contribution in [3.05, 3.63) is 70.1 Å². The SMILES string of the molecule is CNC(=O)c1cc(Cl)cc(C)c1NC(=O)c1cc(C)nn1-c1ccccn1. The van der Waals surface area contributed by atoms with Gasteiger partial charge >= 0.3 is 0 Å². The predicted molar refractivity (Wildman–Crippen MR) is 104 cm³/mol. The second-order valence-corrected chi connectivity index (χ2v) is 6.39. The van der Waals surface area contributed by atoms with Gasteiger partial charge in [0.1, 0.15) is 5.69 Å². The first kappa shape index (κ1) is 18.6. The minimum atomic E-state index is -0.406. The lowest BCUT2D eigenvalue weighted by Crippen LogP contribution is -2.23. The molecule has 0 bridgehead atoms. The Kier molecular flexibility index (Phi) is 5.23. The standard InChI is InChI=1S/C19H18ClN5O2/c1-11-8-13(20)10-14(18(26)21-3)17(11)23-19(27)15-9-12(2)24-25(15)16-6-4-5-7-22-16/h4-10H,1-3H3,(H,21,26)(H,23,27). The zero-order valence-corrected chi connectivity index (χ0v) is 15.8. The topological polar surface area (TPSA) is 88.9 Å². The van der Waals surface area contributed by atoms with E-state index in [2.05, 4.69) is 20.7 Å². The van der Waals surface area contributed by atoms with Crippen LogP contribution in [-0.4, -0.2) is 33.6 Å². The fourth-order valence-electron chi connectivity index (χ4n) is 2.72. The van der Waals surface area contributed by atoms with Gasteiger partial charge in [0.25, 0.3) is 11.8 Å². The molecule has 1 aromatic carbocycles. The van der Waals surface area contributed by atoms with Crippen molar-refractivity contribution in [2.75, 3.05) is 12.4 Å². The predicted octanol–water partition coefficient (Wildman–Crippen LogP) is 3.15. The van der Waals surface area contributed by atoms with Crippen LogP contribution in [0.25, 0.3) is 5.82 Å². The fraction of sp³-hybridized carbons (Fsp3) is 0.158. The number of anilines is 1. The summed E-state index contributed by atoms with van der Waals surface area (Å²) in [5.41, 5.74) is 2.34. The van der Waals surface area contributed by atoms with Gasteiger partial charge in [0.15, 0.2) is 5.82 Å². The molecule has 2 heterocycles. The van der Waals surface area contributed by atoms with E-state index in [1.165, 1.54) is 17.8 Å². The van der Waals surface area contributed by atoms with Crippen molar-refractivity contribution in [3.63, 3.8) is 0 Å². The smallest absolute Gasteiger partial charge is 0.274 e. The van der Waals surface area contributed by atoms with Crippen molar-refractivity contribution >= 4 is 29.1 Å². The largest absolute Gasteiger partial charge is 0.355 e. The minimum Gasteiger partial charge on any atom is -0.355 e. The summed E-state index contributed by atoms with van der Waals surface area (Å²) in [5, 5.41) is 10.1. The fourth-order valence-corrected chi connectivity index (χ4v) is 2.99. The van der Waals surface area contributed by atoms with E-state index in [9.17, 15) is 9.59 Å². The van der Waals surface area contributed by atoms with Gasteiger partial charge in [-0.15, -0.1) is 0 Å². The highest BCUT2D eigenvalue weighted by molar-refractivity contribution is 6.31. The average Bonchev–Trinajstić information content (AvgIpc) is 3.05. The number of aromatic nitrogens is 3. The molecule has 0 aliphatic carbocycles. The van der Waals surface area contributed by atoms with Crippen LogP contribution in [0.4, 0.5) is 5.69 Å². The molecule has 0 fully saturated rings. The zero-order valence-electron chi connectivity index (χ0n) is 15.1. The first-order valence-corrected chi connectivity index (χ1v) is 8.60. The Balaban J connectivity index is 2.02. The van der Waals surface area contributed by atoms with E-state index >= 15 is 0 Å². The van der Waals surface area contributed by atoms with Crippen LogP contribution >= 0.6 is 11.6 Å². The number of rotatable bonds is 4. The van der Waals surface area contributed by atoms with Gasteiger partial charge in [0.05, 0.1) is 16.9 Å². The Morgan fingerprint density at radius 2 is 1.89 bits per heavy atom. The molecule has 3 rings (SSSR count). The van der Waals surface area contributed by atoms with Gasteiger partial charge in [-0.3, -0.25) is 9.59 Å². The quantitative estimate of drug-likeness (QED) is 0.724. The van der Waals surface area contributed by atoms with Crippen molar-refractivity contribution in [2.24, 2.45) is 0 Å². The summed E-state index contributed by atoms with van der Waals surface area (Å²) in [7, 11) is 1.52. The lowest BCUT2D eigenvalue weighted by atomic mass is 10.1.